The molecule has 0 saturated carbocycles. The van der Waals surface area contributed by atoms with E-state index in [1.807, 2.05) is 6.07 Å². The van der Waals surface area contributed by atoms with E-state index in [1.54, 1.807) is 23.9 Å². The molecule has 66 valence electrons. The zero-order chi connectivity index (χ0) is 8.81. The molecule has 0 aliphatic heterocycles. The van der Waals surface area contributed by atoms with Crippen LogP contribution in [0.15, 0.2) is 29.2 Å². The third-order valence-corrected chi connectivity index (χ3v) is 2.98. The van der Waals surface area contributed by atoms with Crippen molar-refractivity contribution in [2.75, 3.05) is 11.1 Å². The Labute approximate surface area is 84.7 Å². The highest BCUT2D eigenvalue weighted by Crippen LogP contribution is 2.19. The smallest absolute Gasteiger partial charge is 0.124 e. The van der Waals surface area contributed by atoms with Crippen LogP contribution in [-0.2, 0) is 0 Å². The molecule has 0 spiro atoms. The summed E-state index contributed by atoms with van der Waals surface area (Å²) in [6.07, 6.45) is 1.11. The van der Waals surface area contributed by atoms with Crippen molar-refractivity contribution < 1.29 is 4.39 Å². The highest BCUT2D eigenvalue weighted by atomic mass is 79.9. The summed E-state index contributed by atoms with van der Waals surface area (Å²) >= 11 is 5.04. The van der Waals surface area contributed by atoms with E-state index in [2.05, 4.69) is 15.9 Å². The highest BCUT2D eigenvalue weighted by molar-refractivity contribution is 9.09. The van der Waals surface area contributed by atoms with Crippen LogP contribution in [0.4, 0.5) is 4.39 Å². The van der Waals surface area contributed by atoms with Crippen LogP contribution in [0.25, 0.3) is 0 Å². The van der Waals surface area contributed by atoms with Crippen LogP contribution < -0.4 is 0 Å². The van der Waals surface area contributed by atoms with E-state index < -0.39 is 0 Å². The summed E-state index contributed by atoms with van der Waals surface area (Å²) in [6.45, 7) is 0. The van der Waals surface area contributed by atoms with Crippen molar-refractivity contribution in [3.05, 3.63) is 30.1 Å². The van der Waals surface area contributed by atoms with Crippen molar-refractivity contribution in [3.8, 4) is 0 Å². The number of alkyl halides is 1. The fraction of sp³-hybridized carbons (Fsp3) is 0.333. The van der Waals surface area contributed by atoms with Crippen molar-refractivity contribution in [1.82, 2.24) is 0 Å². The lowest BCUT2D eigenvalue weighted by Crippen LogP contribution is -1.81. The minimum absolute atomic E-state index is 0.154. The zero-order valence-corrected chi connectivity index (χ0v) is 9.00. The molecule has 0 aromatic heterocycles. The first kappa shape index (κ1) is 10.1. The maximum absolute atomic E-state index is 12.7. The molecule has 0 amide bonds. The Hall–Kier alpha value is -0.0200. The third-order valence-electron chi connectivity index (χ3n) is 1.34. The molecule has 0 atom stereocenters. The summed E-state index contributed by atoms with van der Waals surface area (Å²) in [5.74, 6) is 0.883. The first-order valence-corrected chi connectivity index (χ1v) is 5.88. The van der Waals surface area contributed by atoms with Gasteiger partial charge in [0.25, 0.3) is 0 Å². The van der Waals surface area contributed by atoms with Crippen molar-refractivity contribution in [1.29, 1.82) is 0 Å². The highest BCUT2D eigenvalue weighted by Gasteiger charge is 1.94. The molecule has 0 fully saturated rings. The van der Waals surface area contributed by atoms with Gasteiger partial charge in [0.1, 0.15) is 5.82 Å². The summed E-state index contributed by atoms with van der Waals surface area (Å²) < 4.78 is 12.7. The summed E-state index contributed by atoms with van der Waals surface area (Å²) in [6, 6.07) is 6.71. The molecule has 3 heteroatoms. The van der Waals surface area contributed by atoms with E-state index in [0.29, 0.717) is 0 Å². The molecule has 1 aromatic rings. The molecule has 0 nitrogen and oxygen atoms in total. The van der Waals surface area contributed by atoms with Gasteiger partial charge in [0.05, 0.1) is 0 Å². The first-order valence-electron chi connectivity index (χ1n) is 3.77. The van der Waals surface area contributed by atoms with Gasteiger partial charge in [-0.25, -0.2) is 4.39 Å². The number of rotatable bonds is 4. The van der Waals surface area contributed by atoms with Crippen LogP contribution in [0.3, 0.4) is 0 Å². The molecule has 0 aliphatic carbocycles. The van der Waals surface area contributed by atoms with Gasteiger partial charge in [-0.15, -0.1) is 11.8 Å². The third kappa shape index (κ3) is 3.59. The maximum Gasteiger partial charge on any atom is 0.124 e. The van der Waals surface area contributed by atoms with Gasteiger partial charge in [-0.05, 0) is 30.4 Å². The summed E-state index contributed by atoms with van der Waals surface area (Å²) in [7, 11) is 0. The van der Waals surface area contributed by atoms with Crippen LogP contribution in [0.5, 0.6) is 0 Å². The van der Waals surface area contributed by atoms with Gasteiger partial charge >= 0.3 is 0 Å². The van der Waals surface area contributed by atoms with Crippen LogP contribution in [-0.4, -0.2) is 11.1 Å². The van der Waals surface area contributed by atoms with Crippen molar-refractivity contribution in [2.24, 2.45) is 0 Å². The molecule has 0 bridgehead atoms. The standard InChI is InChI=1S/C9H10BrFS/c10-5-2-6-12-9-4-1-3-8(11)7-9/h1,3-4,7H,2,5-6H2. The van der Waals surface area contributed by atoms with Gasteiger partial charge in [0, 0.05) is 10.2 Å². The number of hydrogen-bond donors (Lipinski definition) is 0. The molecule has 0 saturated heterocycles. The zero-order valence-electron chi connectivity index (χ0n) is 6.59. The predicted octanol–water partition coefficient (Wildman–Crippen LogP) is 3.70. The number of benzene rings is 1. The summed E-state index contributed by atoms with van der Waals surface area (Å²) in [5.41, 5.74) is 0. The van der Waals surface area contributed by atoms with Crippen LogP contribution >= 0.6 is 27.7 Å². The Morgan fingerprint density at radius 3 is 2.92 bits per heavy atom. The molecular weight excluding hydrogens is 239 g/mol. The van der Waals surface area contributed by atoms with Crippen molar-refractivity contribution in [3.63, 3.8) is 0 Å². The van der Waals surface area contributed by atoms with Crippen LogP contribution in [0, 0.1) is 5.82 Å². The Morgan fingerprint density at radius 2 is 2.25 bits per heavy atom. The molecule has 0 aliphatic rings. The van der Waals surface area contributed by atoms with Gasteiger partial charge < -0.3 is 0 Å². The fourth-order valence-corrected chi connectivity index (χ4v) is 2.35. The Morgan fingerprint density at radius 1 is 1.42 bits per heavy atom. The fourth-order valence-electron chi connectivity index (χ4n) is 0.801. The summed E-state index contributed by atoms with van der Waals surface area (Å²) in [4.78, 5) is 1.01. The van der Waals surface area contributed by atoms with E-state index in [9.17, 15) is 4.39 Å². The summed E-state index contributed by atoms with van der Waals surface area (Å²) in [5, 5.41) is 1.01. The minimum Gasteiger partial charge on any atom is -0.207 e. The number of hydrogen-bond acceptors (Lipinski definition) is 1. The minimum atomic E-state index is -0.154. The van der Waals surface area contributed by atoms with Crippen molar-refractivity contribution in [2.45, 2.75) is 11.3 Å². The number of halogens is 2. The Bertz CT molecular complexity index is 240. The van der Waals surface area contributed by atoms with E-state index in [1.165, 1.54) is 6.07 Å². The Balaban J connectivity index is 2.41. The van der Waals surface area contributed by atoms with Crippen LogP contribution in [0.2, 0.25) is 0 Å². The van der Waals surface area contributed by atoms with Gasteiger partial charge in [0.15, 0.2) is 0 Å². The van der Waals surface area contributed by atoms with Crippen LogP contribution in [0.1, 0.15) is 6.42 Å². The first-order chi connectivity index (χ1) is 5.83. The second-order valence-electron chi connectivity index (χ2n) is 2.35. The molecule has 0 heterocycles. The average Bonchev–Trinajstić information content (AvgIpc) is 2.05. The van der Waals surface area contributed by atoms with E-state index >= 15 is 0 Å². The van der Waals surface area contributed by atoms with Crippen molar-refractivity contribution >= 4 is 27.7 Å². The quantitative estimate of drug-likeness (QED) is 0.445. The van der Waals surface area contributed by atoms with Gasteiger partial charge in [-0.3, -0.25) is 0 Å². The predicted molar refractivity (Wildman–Crippen MR) is 55.5 cm³/mol. The normalized spacial score (nSPS) is 10.2. The lowest BCUT2D eigenvalue weighted by molar-refractivity contribution is 0.624. The molecule has 12 heavy (non-hydrogen) atoms. The molecule has 0 N–H and O–H groups in total. The molecule has 1 rings (SSSR count). The SMILES string of the molecule is Fc1cccc(SCCCBr)c1. The average molecular weight is 249 g/mol. The molecule has 1 aromatic carbocycles. The van der Waals surface area contributed by atoms with Gasteiger partial charge in [0.2, 0.25) is 0 Å². The van der Waals surface area contributed by atoms with E-state index in [0.717, 1.165) is 22.4 Å². The lowest BCUT2D eigenvalue weighted by Gasteiger charge is -1.98. The Kier molecular flexibility index (Phi) is 4.69. The molecule has 0 unspecified atom stereocenters. The van der Waals surface area contributed by atoms with E-state index in [-0.39, 0.29) is 5.82 Å². The monoisotopic (exact) mass is 248 g/mol. The second-order valence-corrected chi connectivity index (χ2v) is 4.31. The number of thioether (sulfide) groups is 1. The van der Waals surface area contributed by atoms with Gasteiger partial charge in [-0.1, -0.05) is 22.0 Å². The topological polar surface area (TPSA) is 0 Å². The molecule has 0 radical (unpaired) electrons. The second kappa shape index (κ2) is 5.60. The lowest BCUT2D eigenvalue weighted by atomic mass is 10.4. The van der Waals surface area contributed by atoms with E-state index in [4.69, 9.17) is 0 Å². The van der Waals surface area contributed by atoms with Gasteiger partial charge in [-0.2, -0.15) is 0 Å². The molecular formula is C9H10BrFS. The largest absolute Gasteiger partial charge is 0.207 e. The maximum atomic E-state index is 12.7.